The van der Waals surface area contributed by atoms with Crippen molar-refractivity contribution in [1.82, 2.24) is 24.7 Å². The molecule has 3 aromatic heterocycles. The molecular weight excluding hydrogens is 530 g/mol. The van der Waals surface area contributed by atoms with Crippen molar-refractivity contribution in [2.45, 2.75) is 23.2 Å². The lowest BCUT2D eigenvalue weighted by Crippen LogP contribution is -2.24. The van der Waals surface area contributed by atoms with Gasteiger partial charge in [-0.25, -0.2) is 22.6 Å². The average molecular weight is 558 g/mol. The predicted molar refractivity (Wildman–Crippen MR) is 140 cm³/mol. The Balaban J connectivity index is 1.41. The third-order valence-electron chi connectivity index (χ3n) is 5.47. The fourth-order valence-electron chi connectivity index (χ4n) is 3.51. The number of pyridine rings is 1. The van der Waals surface area contributed by atoms with Crippen LogP contribution in [0.2, 0.25) is 0 Å². The minimum atomic E-state index is -3.79. The number of ether oxygens (including phenoxy) is 3. The maximum Gasteiger partial charge on any atom is 0.331 e. The highest BCUT2D eigenvalue weighted by Gasteiger charge is 2.24. The van der Waals surface area contributed by atoms with Gasteiger partial charge in [-0.3, -0.25) is 4.98 Å². The molecule has 4 aromatic rings. The van der Waals surface area contributed by atoms with Gasteiger partial charge in [0, 0.05) is 19.7 Å². The van der Waals surface area contributed by atoms with Crippen molar-refractivity contribution in [3.8, 4) is 16.3 Å². The fraction of sp³-hybridized carbons (Fsp3) is 0.280. The number of methoxy groups -OCH3 is 2. The zero-order valence-electron chi connectivity index (χ0n) is 20.8. The highest BCUT2D eigenvalue weighted by Crippen LogP contribution is 2.29. The Morgan fingerprint density at radius 1 is 1.08 bits per heavy atom. The maximum absolute atomic E-state index is 12.8. The lowest BCUT2D eigenvalue weighted by Gasteiger charge is -2.15. The van der Waals surface area contributed by atoms with Gasteiger partial charge >= 0.3 is 5.97 Å². The Bertz CT molecular complexity index is 1440. The molecule has 200 valence electrons. The van der Waals surface area contributed by atoms with Gasteiger partial charge in [0.05, 0.1) is 42.7 Å². The summed E-state index contributed by atoms with van der Waals surface area (Å²) in [6.45, 7) is 0.820. The van der Waals surface area contributed by atoms with E-state index < -0.39 is 22.0 Å². The Morgan fingerprint density at radius 2 is 1.89 bits per heavy atom. The maximum atomic E-state index is 12.8. The molecule has 1 N–H and O–H groups in total. The average Bonchev–Trinajstić information content (AvgIpc) is 3.63. The molecule has 38 heavy (non-hydrogen) atoms. The molecule has 0 bridgehead atoms. The molecule has 0 saturated carbocycles. The first-order valence-electron chi connectivity index (χ1n) is 11.6. The van der Waals surface area contributed by atoms with Gasteiger partial charge in [0.1, 0.15) is 16.6 Å². The first-order chi connectivity index (χ1) is 18.4. The summed E-state index contributed by atoms with van der Waals surface area (Å²) >= 11 is 1.12. The van der Waals surface area contributed by atoms with Gasteiger partial charge in [0.25, 0.3) is 0 Å². The van der Waals surface area contributed by atoms with Crippen molar-refractivity contribution in [2.24, 2.45) is 0 Å². The van der Waals surface area contributed by atoms with Gasteiger partial charge < -0.3 is 14.2 Å². The molecule has 0 aliphatic heterocycles. The van der Waals surface area contributed by atoms with Gasteiger partial charge in [0.15, 0.2) is 6.04 Å². The predicted octanol–water partition coefficient (Wildman–Crippen LogP) is 2.86. The molecule has 0 spiro atoms. The summed E-state index contributed by atoms with van der Waals surface area (Å²) < 4.78 is 45.2. The molecule has 0 fully saturated rings. The summed E-state index contributed by atoms with van der Waals surface area (Å²) in [6, 6.07) is 15.3. The van der Waals surface area contributed by atoms with Crippen LogP contribution in [0.3, 0.4) is 0 Å². The van der Waals surface area contributed by atoms with E-state index in [9.17, 15) is 13.2 Å². The van der Waals surface area contributed by atoms with E-state index in [1.165, 1.54) is 24.1 Å². The van der Waals surface area contributed by atoms with Crippen LogP contribution in [0.25, 0.3) is 10.6 Å². The molecule has 0 aliphatic carbocycles. The first kappa shape index (κ1) is 27.4. The van der Waals surface area contributed by atoms with Crippen molar-refractivity contribution in [1.29, 1.82) is 0 Å². The number of nitrogens with one attached hydrogen (secondary N) is 1. The summed E-state index contributed by atoms with van der Waals surface area (Å²) in [4.78, 5) is 17.5. The molecular formula is C25H27N5O6S2. The van der Waals surface area contributed by atoms with Gasteiger partial charge in [-0.2, -0.15) is 0 Å². The quantitative estimate of drug-likeness (QED) is 0.194. The van der Waals surface area contributed by atoms with Crippen LogP contribution < -0.4 is 9.46 Å². The van der Waals surface area contributed by atoms with Gasteiger partial charge in [-0.1, -0.05) is 23.4 Å². The first-order valence-corrected chi connectivity index (χ1v) is 13.9. The van der Waals surface area contributed by atoms with Crippen molar-refractivity contribution in [3.05, 3.63) is 78.2 Å². The zero-order chi connectivity index (χ0) is 27.0. The SMILES string of the molecule is COCCOc1ccc(C[C@@H](C(=O)OC)n2cc(CNS(=O)(=O)c3ccc(-c4ccccn4)s3)nn2)cc1. The normalized spacial score (nSPS) is 12.3. The van der Waals surface area contributed by atoms with Crippen LogP contribution in [-0.2, 0) is 37.3 Å². The van der Waals surface area contributed by atoms with Crippen LogP contribution in [0.1, 0.15) is 17.3 Å². The third kappa shape index (κ3) is 7.01. The summed E-state index contributed by atoms with van der Waals surface area (Å²) in [5.41, 5.74) is 1.91. The number of carbonyl (C=O) groups excluding carboxylic acids is 1. The summed E-state index contributed by atoms with van der Waals surface area (Å²) in [7, 11) is -0.882. The van der Waals surface area contributed by atoms with Gasteiger partial charge in [-0.15, -0.1) is 16.4 Å². The molecule has 0 saturated heterocycles. The van der Waals surface area contributed by atoms with Crippen molar-refractivity contribution in [3.63, 3.8) is 0 Å². The number of carbonyl (C=O) groups is 1. The number of benzene rings is 1. The lowest BCUT2D eigenvalue weighted by atomic mass is 10.1. The van der Waals surface area contributed by atoms with E-state index in [2.05, 4.69) is 20.0 Å². The van der Waals surface area contributed by atoms with Crippen LogP contribution in [0.4, 0.5) is 0 Å². The van der Waals surface area contributed by atoms with E-state index in [1.807, 2.05) is 36.4 Å². The van der Waals surface area contributed by atoms with Gasteiger partial charge in [0.2, 0.25) is 10.0 Å². The number of aromatic nitrogens is 4. The van der Waals surface area contributed by atoms with Crippen LogP contribution in [0, 0.1) is 0 Å². The van der Waals surface area contributed by atoms with E-state index >= 15 is 0 Å². The molecule has 0 radical (unpaired) electrons. The number of hydrogen-bond acceptors (Lipinski definition) is 10. The molecule has 0 aliphatic rings. The van der Waals surface area contributed by atoms with Crippen LogP contribution in [-0.4, -0.2) is 61.8 Å². The molecule has 0 amide bonds. The molecule has 1 atom stereocenters. The minimum Gasteiger partial charge on any atom is -0.491 e. The van der Waals surface area contributed by atoms with Crippen molar-refractivity contribution >= 4 is 27.3 Å². The second kappa shape index (κ2) is 12.7. The molecule has 1 aromatic carbocycles. The van der Waals surface area contributed by atoms with Gasteiger partial charge in [-0.05, 0) is 42.0 Å². The number of rotatable bonds is 13. The number of nitrogens with zero attached hydrogens (tertiary/aromatic N) is 4. The minimum absolute atomic E-state index is 0.0967. The van der Waals surface area contributed by atoms with E-state index in [-0.39, 0.29) is 10.8 Å². The lowest BCUT2D eigenvalue weighted by molar-refractivity contribution is -0.144. The number of thiophene rings is 1. The zero-order valence-corrected chi connectivity index (χ0v) is 22.4. The largest absolute Gasteiger partial charge is 0.491 e. The number of sulfonamides is 1. The summed E-state index contributed by atoms with van der Waals surface area (Å²) in [6.07, 6.45) is 3.48. The molecule has 11 nitrogen and oxygen atoms in total. The highest BCUT2D eigenvalue weighted by molar-refractivity contribution is 7.91. The molecule has 4 rings (SSSR count). The van der Waals surface area contributed by atoms with E-state index in [4.69, 9.17) is 14.2 Å². The van der Waals surface area contributed by atoms with Crippen molar-refractivity contribution < 1.29 is 27.4 Å². The Kier molecular flexibility index (Phi) is 9.18. The fourth-order valence-corrected chi connectivity index (χ4v) is 5.83. The van der Waals surface area contributed by atoms with Crippen LogP contribution in [0.15, 0.2) is 71.2 Å². The highest BCUT2D eigenvalue weighted by atomic mass is 32.2. The third-order valence-corrected chi connectivity index (χ3v) is 8.47. The van der Waals surface area contributed by atoms with Crippen molar-refractivity contribution in [2.75, 3.05) is 27.4 Å². The number of hydrogen-bond donors (Lipinski definition) is 1. The summed E-state index contributed by atoms with van der Waals surface area (Å²) in [5.74, 6) is 0.191. The Labute approximate surface area is 224 Å². The van der Waals surface area contributed by atoms with Crippen LogP contribution >= 0.6 is 11.3 Å². The standard InChI is InChI=1S/C25H27N5O6S2/c1-34-13-14-36-20-8-6-18(7-9-20)15-22(25(31)35-2)30-17-19(28-29-30)16-27-38(32,33)24-11-10-23(37-24)21-5-3-4-12-26-21/h3-12,17,22,27H,13-16H2,1-2H3/t22-/m0/s1. The molecule has 13 heteroatoms. The monoisotopic (exact) mass is 557 g/mol. The van der Waals surface area contributed by atoms with E-state index in [1.54, 1.807) is 25.4 Å². The smallest absolute Gasteiger partial charge is 0.331 e. The summed E-state index contributed by atoms with van der Waals surface area (Å²) in [5, 5.41) is 8.09. The Morgan fingerprint density at radius 3 is 2.61 bits per heavy atom. The molecule has 0 unspecified atom stereocenters. The molecule has 3 heterocycles. The topological polar surface area (TPSA) is 135 Å². The second-order valence-electron chi connectivity index (χ2n) is 8.08. The second-order valence-corrected chi connectivity index (χ2v) is 11.2. The number of esters is 1. The van der Waals surface area contributed by atoms with E-state index in [0.29, 0.717) is 36.8 Å². The van der Waals surface area contributed by atoms with Crippen LogP contribution in [0.5, 0.6) is 5.75 Å². The Hall–Kier alpha value is -3.65. The van der Waals surface area contributed by atoms with E-state index in [0.717, 1.165) is 21.8 Å².